The first-order chi connectivity index (χ1) is 17.0. The fourth-order valence-corrected chi connectivity index (χ4v) is 4.66. The molecule has 1 aliphatic rings. The molecule has 0 bridgehead atoms. The Morgan fingerprint density at radius 2 is 1.91 bits per heavy atom. The van der Waals surface area contributed by atoms with Crippen LogP contribution in [0, 0.1) is 0 Å². The summed E-state index contributed by atoms with van der Waals surface area (Å²) in [5.41, 5.74) is 7.39. The average Bonchev–Trinajstić information content (AvgIpc) is 3.47. The molecule has 1 aromatic carbocycles. The second-order valence-electron chi connectivity index (χ2n) is 9.17. The first-order valence-corrected chi connectivity index (χ1v) is 11.5. The minimum absolute atomic E-state index is 0.100. The first-order valence-electron chi connectivity index (χ1n) is 11.5. The third-order valence-electron chi connectivity index (χ3n) is 6.27. The molecule has 1 aliphatic carbocycles. The summed E-state index contributed by atoms with van der Waals surface area (Å²) < 4.78 is 13.9. The number of allylic oxidation sites excluding steroid dienone is 4. The van der Waals surface area contributed by atoms with E-state index in [0.717, 1.165) is 56.4 Å². The Morgan fingerprint density at radius 3 is 2.77 bits per heavy atom. The standard InChI is InChI=1S/C27H24FN7/c1-35(2)15-16-8-19(12-29-11-16)17-6-7-23-21(10-17)26(34-33-23)27-31-24-14-30-13-22(25(24)32-27)18-4-3-5-20(28)9-18/h3-8,10-14,18H,9,15H2,1-2H3,(H,31,32)(H,33,34). The van der Waals surface area contributed by atoms with Crippen LogP contribution < -0.4 is 0 Å². The summed E-state index contributed by atoms with van der Waals surface area (Å²) in [6, 6.07) is 8.37. The zero-order valence-corrected chi connectivity index (χ0v) is 19.5. The Kier molecular flexibility index (Phi) is 5.22. The van der Waals surface area contributed by atoms with Gasteiger partial charge in [-0.25, -0.2) is 9.37 Å². The number of imidazole rings is 1. The minimum Gasteiger partial charge on any atom is -0.335 e. The molecule has 5 aromatic rings. The van der Waals surface area contributed by atoms with Gasteiger partial charge < -0.3 is 9.88 Å². The number of aromatic amines is 2. The largest absolute Gasteiger partial charge is 0.335 e. The molecule has 0 radical (unpaired) electrons. The molecule has 0 fully saturated rings. The van der Waals surface area contributed by atoms with E-state index in [2.05, 4.69) is 48.2 Å². The molecule has 35 heavy (non-hydrogen) atoms. The van der Waals surface area contributed by atoms with E-state index in [1.54, 1.807) is 18.5 Å². The summed E-state index contributed by atoms with van der Waals surface area (Å²) in [5.74, 6) is 0.407. The fourth-order valence-electron chi connectivity index (χ4n) is 4.66. The molecular formula is C27H24FN7. The van der Waals surface area contributed by atoms with Crippen LogP contribution in [0.1, 0.15) is 23.5 Å². The van der Waals surface area contributed by atoms with Crippen molar-refractivity contribution in [1.82, 2.24) is 35.0 Å². The molecule has 0 amide bonds. The highest BCUT2D eigenvalue weighted by Gasteiger charge is 2.20. The Balaban J connectivity index is 1.42. The maximum atomic E-state index is 13.9. The van der Waals surface area contributed by atoms with Gasteiger partial charge in [0.05, 0.1) is 22.7 Å². The first kappa shape index (κ1) is 21.4. The number of benzene rings is 1. The maximum absolute atomic E-state index is 13.9. The zero-order valence-electron chi connectivity index (χ0n) is 19.5. The second kappa shape index (κ2) is 8.56. The molecule has 0 aliphatic heterocycles. The summed E-state index contributed by atoms with van der Waals surface area (Å²) in [7, 11) is 4.09. The van der Waals surface area contributed by atoms with Crippen molar-refractivity contribution in [3.05, 3.63) is 84.2 Å². The van der Waals surface area contributed by atoms with Crippen LogP contribution in [-0.2, 0) is 6.54 Å². The molecule has 1 unspecified atom stereocenters. The lowest BCUT2D eigenvalue weighted by atomic mass is 9.92. The molecule has 1 atom stereocenters. The van der Waals surface area contributed by atoms with Crippen LogP contribution in [0.25, 0.3) is 44.6 Å². The van der Waals surface area contributed by atoms with Crippen LogP contribution in [0.2, 0.25) is 0 Å². The van der Waals surface area contributed by atoms with Crippen LogP contribution >= 0.6 is 0 Å². The molecule has 0 saturated heterocycles. The maximum Gasteiger partial charge on any atom is 0.159 e. The average molecular weight is 466 g/mol. The highest BCUT2D eigenvalue weighted by atomic mass is 19.1. The second-order valence-corrected chi connectivity index (χ2v) is 9.17. The van der Waals surface area contributed by atoms with E-state index in [9.17, 15) is 4.39 Å². The highest BCUT2D eigenvalue weighted by molar-refractivity contribution is 5.96. The number of rotatable bonds is 5. The number of H-pyrrole nitrogens is 2. The van der Waals surface area contributed by atoms with Crippen molar-refractivity contribution in [2.45, 2.75) is 18.9 Å². The summed E-state index contributed by atoms with van der Waals surface area (Å²) in [6.45, 7) is 0.825. The van der Waals surface area contributed by atoms with E-state index in [1.165, 1.54) is 6.08 Å². The smallest absolute Gasteiger partial charge is 0.159 e. The molecule has 0 saturated carbocycles. The molecule has 7 nitrogen and oxygen atoms in total. The van der Waals surface area contributed by atoms with Gasteiger partial charge in [-0.05, 0) is 49.5 Å². The zero-order chi connectivity index (χ0) is 23.9. The molecule has 174 valence electrons. The number of nitrogens with zero attached hydrogens (tertiary/aromatic N) is 5. The van der Waals surface area contributed by atoms with Gasteiger partial charge in [-0.2, -0.15) is 5.10 Å². The van der Waals surface area contributed by atoms with Crippen molar-refractivity contribution in [2.75, 3.05) is 14.1 Å². The lowest BCUT2D eigenvalue weighted by Crippen LogP contribution is -2.10. The topological polar surface area (TPSA) is 86.4 Å². The predicted molar refractivity (Wildman–Crippen MR) is 135 cm³/mol. The van der Waals surface area contributed by atoms with Gasteiger partial charge in [0, 0.05) is 54.0 Å². The third kappa shape index (κ3) is 4.02. The summed E-state index contributed by atoms with van der Waals surface area (Å²) in [6.07, 6.45) is 12.8. The Hall–Kier alpha value is -4.17. The molecule has 4 heterocycles. The Morgan fingerprint density at radius 1 is 1.03 bits per heavy atom. The number of halogens is 1. The quantitative estimate of drug-likeness (QED) is 0.357. The lowest BCUT2D eigenvalue weighted by Gasteiger charge is -2.14. The van der Waals surface area contributed by atoms with Gasteiger partial charge in [0.15, 0.2) is 5.82 Å². The van der Waals surface area contributed by atoms with Crippen LogP contribution in [0.4, 0.5) is 4.39 Å². The Bertz CT molecular complexity index is 1610. The number of nitrogens with one attached hydrogen (secondary N) is 2. The van der Waals surface area contributed by atoms with Crippen LogP contribution in [0.3, 0.4) is 0 Å². The molecule has 2 N–H and O–H groups in total. The van der Waals surface area contributed by atoms with Crippen molar-refractivity contribution in [2.24, 2.45) is 0 Å². The van der Waals surface area contributed by atoms with Gasteiger partial charge in [0.1, 0.15) is 11.5 Å². The van der Waals surface area contributed by atoms with E-state index in [-0.39, 0.29) is 11.7 Å². The molecule has 6 rings (SSSR count). The third-order valence-corrected chi connectivity index (χ3v) is 6.27. The highest BCUT2D eigenvalue weighted by Crippen LogP contribution is 2.35. The van der Waals surface area contributed by atoms with E-state index in [1.807, 2.05) is 38.6 Å². The number of fused-ring (bicyclic) bond motifs is 2. The number of aromatic nitrogens is 6. The summed E-state index contributed by atoms with van der Waals surface area (Å²) >= 11 is 0. The SMILES string of the molecule is CN(C)Cc1cncc(-c2ccc3[nH]nc(-c4nc5c(C6C=CC=C(F)C6)cncc5[nH]4)c3c2)c1. The minimum atomic E-state index is -0.139. The van der Waals surface area contributed by atoms with Crippen LogP contribution in [-0.4, -0.2) is 49.1 Å². The van der Waals surface area contributed by atoms with Crippen LogP contribution in [0.15, 0.2) is 73.1 Å². The molecular weight excluding hydrogens is 441 g/mol. The molecule has 0 spiro atoms. The van der Waals surface area contributed by atoms with Gasteiger partial charge in [0.2, 0.25) is 0 Å². The monoisotopic (exact) mass is 465 g/mol. The van der Waals surface area contributed by atoms with Crippen molar-refractivity contribution < 1.29 is 4.39 Å². The molecule has 4 aromatic heterocycles. The van der Waals surface area contributed by atoms with E-state index < -0.39 is 0 Å². The number of hydrogen-bond acceptors (Lipinski definition) is 5. The lowest BCUT2D eigenvalue weighted by molar-refractivity contribution is 0.402. The van der Waals surface area contributed by atoms with Gasteiger partial charge >= 0.3 is 0 Å². The van der Waals surface area contributed by atoms with Crippen molar-refractivity contribution >= 4 is 21.9 Å². The van der Waals surface area contributed by atoms with Crippen molar-refractivity contribution in [1.29, 1.82) is 0 Å². The van der Waals surface area contributed by atoms with E-state index >= 15 is 0 Å². The van der Waals surface area contributed by atoms with Gasteiger partial charge in [-0.15, -0.1) is 0 Å². The summed E-state index contributed by atoms with van der Waals surface area (Å²) in [4.78, 5) is 19.2. The number of pyridine rings is 2. The fraction of sp³-hybridized carbons (Fsp3) is 0.185. The van der Waals surface area contributed by atoms with Crippen molar-refractivity contribution in [3.8, 4) is 22.6 Å². The van der Waals surface area contributed by atoms with E-state index in [4.69, 9.17) is 4.98 Å². The van der Waals surface area contributed by atoms with Crippen LogP contribution in [0.5, 0.6) is 0 Å². The summed E-state index contributed by atoms with van der Waals surface area (Å²) in [5, 5.41) is 8.64. The van der Waals surface area contributed by atoms with Gasteiger partial charge in [0.25, 0.3) is 0 Å². The van der Waals surface area contributed by atoms with E-state index in [0.29, 0.717) is 12.2 Å². The number of hydrogen-bond donors (Lipinski definition) is 2. The van der Waals surface area contributed by atoms with Crippen molar-refractivity contribution in [3.63, 3.8) is 0 Å². The Labute approximate surface area is 201 Å². The molecule has 8 heteroatoms. The predicted octanol–water partition coefficient (Wildman–Crippen LogP) is 5.52. The normalized spacial score (nSPS) is 15.9. The van der Waals surface area contributed by atoms with Gasteiger partial charge in [-0.1, -0.05) is 18.2 Å². The van der Waals surface area contributed by atoms with Gasteiger partial charge in [-0.3, -0.25) is 15.1 Å².